The molecule has 8 nitrogen and oxygen atoms in total. The zero-order chi connectivity index (χ0) is 23.2. The number of methoxy groups -OCH3 is 1. The number of carbonyl (C=O) groups is 2. The molecular weight excluding hydrogens is 424 g/mol. The summed E-state index contributed by atoms with van der Waals surface area (Å²) >= 11 is 0. The molecule has 2 aliphatic heterocycles. The molecule has 33 heavy (non-hydrogen) atoms. The molecule has 182 valence electrons. The summed E-state index contributed by atoms with van der Waals surface area (Å²) in [6.07, 6.45) is 5.42. The average molecular weight is 461 g/mol. The molecule has 2 saturated heterocycles. The Balaban J connectivity index is 1.27. The van der Waals surface area contributed by atoms with Crippen molar-refractivity contribution in [3.8, 4) is 0 Å². The summed E-state index contributed by atoms with van der Waals surface area (Å²) in [4.78, 5) is 27.3. The Bertz CT molecular complexity index is 784. The molecule has 3 aliphatic rings. The molecule has 3 fully saturated rings. The van der Waals surface area contributed by atoms with Gasteiger partial charge in [0.25, 0.3) is 0 Å². The molecule has 8 heteroatoms. The molecule has 2 heterocycles. The third-order valence-electron chi connectivity index (χ3n) is 7.03. The molecule has 1 aromatic carbocycles. The third kappa shape index (κ3) is 5.74. The predicted molar refractivity (Wildman–Crippen MR) is 121 cm³/mol. The number of nitrogens with two attached hydrogens (primary N) is 1. The maximum atomic E-state index is 13.2. The van der Waals surface area contributed by atoms with Gasteiger partial charge < -0.3 is 29.6 Å². The Morgan fingerprint density at radius 2 is 1.91 bits per heavy atom. The van der Waals surface area contributed by atoms with Gasteiger partial charge in [0.2, 0.25) is 5.91 Å². The maximum Gasteiger partial charge on any atom is 0.331 e. The highest BCUT2D eigenvalue weighted by Crippen LogP contribution is 2.35. The molecule has 1 saturated carbocycles. The molecule has 1 amide bonds. The van der Waals surface area contributed by atoms with Crippen molar-refractivity contribution < 1.29 is 28.5 Å². The van der Waals surface area contributed by atoms with Crippen molar-refractivity contribution in [1.82, 2.24) is 4.90 Å². The Kier molecular flexibility index (Phi) is 8.35. The van der Waals surface area contributed by atoms with Crippen molar-refractivity contribution in [3.63, 3.8) is 0 Å². The number of nitrogens with zero attached hydrogens (tertiary/aromatic N) is 1. The van der Waals surface area contributed by atoms with Crippen LogP contribution in [-0.4, -0.2) is 67.6 Å². The van der Waals surface area contributed by atoms with Crippen molar-refractivity contribution in [2.24, 2.45) is 11.7 Å². The lowest BCUT2D eigenvalue weighted by Gasteiger charge is -2.32. The maximum absolute atomic E-state index is 13.2. The van der Waals surface area contributed by atoms with Crippen LogP contribution in [-0.2, 0) is 35.1 Å². The second-order valence-corrected chi connectivity index (χ2v) is 9.27. The molecule has 2 N–H and O–H groups in total. The summed E-state index contributed by atoms with van der Waals surface area (Å²) in [5, 5.41) is 0. The van der Waals surface area contributed by atoms with Crippen molar-refractivity contribution in [2.75, 3.05) is 20.3 Å². The molecule has 1 aromatic rings. The smallest absolute Gasteiger partial charge is 0.331 e. The van der Waals surface area contributed by atoms with Gasteiger partial charge in [0.1, 0.15) is 12.2 Å². The predicted octanol–water partition coefficient (Wildman–Crippen LogP) is 2.38. The van der Waals surface area contributed by atoms with Gasteiger partial charge in [-0.3, -0.25) is 4.79 Å². The SMILES string of the molecule is COC(=O)[C@@H]1[C@H]2OC(CCCOCc3ccccc3)O[C@H]2CN1C(=O)[C@@H](N)C1CCCCC1. The van der Waals surface area contributed by atoms with Crippen molar-refractivity contribution in [3.05, 3.63) is 35.9 Å². The number of benzene rings is 1. The van der Waals surface area contributed by atoms with E-state index in [0.717, 1.165) is 37.7 Å². The number of likely N-dealkylation sites (tertiary alicyclic amines) is 1. The molecule has 0 aromatic heterocycles. The summed E-state index contributed by atoms with van der Waals surface area (Å²) in [7, 11) is 1.33. The minimum atomic E-state index is -0.818. The first-order valence-electron chi connectivity index (χ1n) is 12.1. The van der Waals surface area contributed by atoms with Crippen LogP contribution in [0, 0.1) is 5.92 Å². The lowest BCUT2D eigenvalue weighted by atomic mass is 9.83. The van der Waals surface area contributed by atoms with Crippen LogP contribution in [0.4, 0.5) is 0 Å². The second kappa shape index (κ2) is 11.4. The monoisotopic (exact) mass is 460 g/mol. The summed E-state index contributed by atoms with van der Waals surface area (Å²) in [6.45, 7) is 1.46. The van der Waals surface area contributed by atoms with E-state index in [2.05, 4.69) is 0 Å². The van der Waals surface area contributed by atoms with E-state index in [1.807, 2.05) is 30.3 Å². The summed E-state index contributed by atoms with van der Waals surface area (Å²) in [5.74, 6) is -0.526. The third-order valence-corrected chi connectivity index (χ3v) is 7.03. The highest BCUT2D eigenvalue weighted by atomic mass is 16.7. The van der Waals surface area contributed by atoms with Crippen LogP contribution >= 0.6 is 0 Å². The van der Waals surface area contributed by atoms with Crippen LogP contribution in [0.25, 0.3) is 0 Å². The van der Waals surface area contributed by atoms with Crippen LogP contribution < -0.4 is 5.73 Å². The molecule has 0 bridgehead atoms. The van der Waals surface area contributed by atoms with Crippen molar-refractivity contribution in [1.29, 1.82) is 0 Å². The highest BCUT2D eigenvalue weighted by molar-refractivity contribution is 5.89. The molecular formula is C25H36N2O6. The summed E-state index contributed by atoms with van der Waals surface area (Å²) in [5.41, 5.74) is 7.49. The standard InChI is InChI=1S/C25H36N2O6/c1-30-25(29)22-23-19(15-27(22)24(28)21(26)18-11-6-3-7-12-18)32-20(33-23)13-8-14-31-16-17-9-4-2-5-10-17/h2,4-5,9-10,18-23H,3,6-8,11-16,26H2,1H3/t19-,20?,21-,22-,23-/m0/s1. The largest absolute Gasteiger partial charge is 0.467 e. The number of ether oxygens (including phenoxy) is 4. The van der Waals surface area contributed by atoms with Crippen molar-refractivity contribution in [2.45, 2.75) is 82.1 Å². The van der Waals surface area contributed by atoms with Crippen LogP contribution in [0.15, 0.2) is 30.3 Å². The average Bonchev–Trinajstić information content (AvgIpc) is 3.41. The minimum absolute atomic E-state index is 0.162. The Labute approximate surface area is 195 Å². The number of hydrogen-bond donors (Lipinski definition) is 1. The highest BCUT2D eigenvalue weighted by Gasteiger charge is 2.55. The van der Waals surface area contributed by atoms with E-state index in [1.165, 1.54) is 18.4 Å². The van der Waals surface area contributed by atoms with Crippen LogP contribution in [0.5, 0.6) is 0 Å². The van der Waals surface area contributed by atoms with Gasteiger partial charge in [-0.25, -0.2) is 4.79 Å². The van der Waals surface area contributed by atoms with E-state index in [1.54, 1.807) is 0 Å². The van der Waals surface area contributed by atoms with Gasteiger partial charge in [-0.15, -0.1) is 0 Å². The van der Waals surface area contributed by atoms with E-state index < -0.39 is 30.4 Å². The molecule has 4 rings (SSSR count). The normalized spacial score (nSPS) is 28.5. The van der Waals surface area contributed by atoms with Gasteiger partial charge in [-0.05, 0) is 30.7 Å². The fraction of sp³-hybridized carbons (Fsp3) is 0.680. The van der Waals surface area contributed by atoms with E-state index in [9.17, 15) is 9.59 Å². The van der Waals surface area contributed by atoms with E-state index in [4.69, 9.17) is 24.7 Å². The Morgan fingerprint density at radius 3 is 2.64 bits per heavy atom. The first-order chi connectivity index (χ1) is 16.1. The fourth-order valence-electron chi connectivity index (χ4n) is 5.22. The first kappa shape index (κ1) is 24.1. The first-order valence-corrected chi connectivity index (χ1v) is 12.1. The second-order valence-electron chi connectivity index (χ2n) is 9.27. The number of esters is 1. The topological polar surface area (TPSA) is 100 Å². The quantitative estimate of drug-likeness (QED) is 0.446. The van der Waals surface area contributed by atoms with E-state index in [0.29, 0.717) is 26.2 Å². The van der Waals surface area contributed by atoms with E-state index in [-0.39, 0.29) is 17.9 Å². The van der Waals surface area contributed by atoms with Crippen LogP contribution in [0.1, 0.15) is 50.5 Å². The Hall–Kier alpha value is -2.00. The van der Waals surface area contributed by atoms with Gasteiger partial charge in [-0.1, -0.05) is 49.6 Å². The number of amides is 1. The molecule has 5 atom stereocenters. The van der Waals surface area contributed by atoms with Gasteiger partial charge >= 0.3 is 5.97 Å². The minimum Gasteiger partial charge on any atom is -0.467 e. The van der Waals surface area contributed by atoms with E-state index >= 15 is 0 Å². The summed E-state index contributed by atoms with van der Waals surface area (Å²) in [6, 6.07) is 8.61. The fourth-order valence-corrected chi connectivity index (χ4v) is 5.22. The van der Waals surface area contributed by atoms with Crippen LogP contribution in [0.3, 0.4) is 0 Å². The molecule has 0 spiro atoms. The van der Waals surface area contributed by atoms with Crippen LogP contribution in [0.2, 0.25) is 0 Å². The van der Waals surface area contributed by atoms with Gasteiger partial charge in [0, 0.05) is 13.0 Å². The van der Waals surface area contributed by atoms with Gasteiger partial charge in [0.15, 0.2) is 12.3 Å². The van der Waals surface area contributed by atoms with Gasteiger partial charge in [0.05, 0.1) is 26.3 Å². The molecule has 1 unspecified atom stereocenters. The number of hydrogen-bond acceptors (Lipinski definition) is 7. The number of fused-ring (bicyclic) bond motifs is 1. The molecule has 1 aliphatic carbocycles. The van der Waals surface area contributed by atoms with Crippen molar-refractivity contribution >= 4 is 11.9 Å². The van der Waals surface area contributed by atoms with Gasteiger partial charge in [-0.2, -0.15) is 0 Å². The lowest BCUT2D eigenvalue weighted by molar-refractivity contribution is -0.160. The zero-order valence-corrected chi connectivity index (χ0v) is 19.4. The lowest BCUT2D eigenvalue weighted by Crippen LogP contribution is -2.54. The zero-order valence-electron chi connectivity index (χ0n) is 19.4. The molecule has 0 radical (unpaired) electrons. The number of carbonyl (C=O) groups excluding carboxylic acids is 2. The Morgan fingerprint density at radius 1 is 1.15 bits per heavy atom. The summed E-state index contributed by atoms with van der Waals surface area (Å²) < 4.78 is 22.9. The number of rotatable bonds is 9.